The lowest BCUT2D eigenvalue weighted by molar-refractivity contribution is 0.291. The Morgan fingerprint density at radius 3 is 2.65 bits per heavy atom. The maximum absolute atomic E-state index is 5.99. The molecule has 0 unspecified atom stereocenters. The van der Waals surface area contributed by atoms with Gasteiger partial charge in [0.2, 0.25) is 0 Å². The van der Waals surface area contributed by atoms with Crippen LogP contribution in [-0.2, 0) is 13.2 Å². The zero-order valence-electron chi connectivity index (χ0n) is 12.6. The van der Waals surface area contributed by atoms with E-state index in [4.69, 9.17) is 17.0 Å². The summed E-state index contributed by atoms with van der Waals surface area (Å²) in [7, 11) is 0. The van der Waals surface area contributed by atoms with Crippen LogP contribution in [0.4, 0.5) is 0 Å². The number of H-pyrrole nitrogens is 1. The van der Waals surface area contributed by atoms with Gasteiger partial charge in [-0.2, -0.15) is 5.10 Å². The maximum Gasteiger partial charge on any atom is 0.195 e. The van der Waals surface area contributed by atoms with Crippen molar-refractivity contribution in [2.75, 3.05) is 0 Å². The molecule has 5 heteroatoms. The van der Waals surface area contributed by atoms with Gasteiger partial charge in [0.05, 0.1) is 0 Å². The average molecular weight is 323 g/mol. The van der Waals surface area contributed by atoms with Crippen LogP contribution in [0, 0.1) is 4.77 Å². The second kappa shape index (κ2) is 7.07. The summed E-state index contributed by atoms with van der Waals surface area (Å²) in [4.78, 5) is 0. The monoisotopic (exact) mass is 323 g/mol. The minimum atomic E-state index is 0.338. The van der Waals surface area contributed by atoms with E-state index in [2.05, 4.69) is 28.9 Å². The molecule has 0 saturated heterocycles. The van der Waals surface area contributed by atoms with E-state index in [1.54, 1.807) is 6.08 Å². The first kappa shape index (κ1) is 15.2. The molecule has 23 heavy (non-hydrogen) atoms. The molecule has 4 nitrogen and oxygen atoms in total. The molecule has 0 aliphatic heterocycles. The van der Waals surface area contributed by atoms with Crippen LogP contribution in [0.1, 0.15) is 5.82 Å². The van der Waals surface area contributed by atoms with Gasteiger partial charge in [0, 0.05) is 12.1 Å². The third-order valence-electron chi connectivity index (χ3n) is 3.48. The lowest BCUT2D eigenvalue weighted by Crippen LogP contribution is -2.07. The molecule has 0 bridgehead atoms. The number of hydrogen-bond acceptors (Lipinski definition) is 3. The van der Waals surface area contributed by atoms with Gasteiger partial charge in [-0.25, -0.2) is 0 Å². The number of nitrogens with one attached hydrogen (secondary N) is 1. The van der Waals surface area contributed by atoms with E-state index in [-0.39, 0.29) is 0 Å². The standard InChI is InChI=1S/C18H17N3OS/c1-2-12-21-17(19-20-18(21)23)13-22-16-11-7-6-10-15(16)14-8-4-3-5-9-14/h2-11H,1,12-13H2,(H,20,23). The highest BCUT2D eigenvalue weighted by atomic mass is 32.1. The van der Waals surface area contributed by atoms with Gasteiger partial charge in [-0.05, 0) is 23.8 Å². The zero-order valence-corrected chi connectivity index (χ0v) is 13.4. The maximum atomic E-state index is 5.99. The van der Waals surface area contributed by atoms with Crippen molar-refractivity contribution in [2.45, 2.75) is 13.2 Å². The summed E-state index contributed by atoms with van der Waals surface area (Å²) in [6.45, 7) is 4.68. The molecule has 0 aliphatic rings. The number of benzene rings is 2. The lowest BCUT2D eigenvalue weighted by Gasteiger charge is -2.11. The predicted molar refractivity (Wildman–Crippen MR) is 93.8 cm³/mol. The van der Waals surface area contributed by atoms with Crippen LogP contribution in [-0.4, -0.2) is 14.8 Å². The van der Waals surface area contributed by atoms with E-state index >= 15 is 0 Å². The Hall–Kier alpha value is -2.66. The fourth-order valence-electron chi connectivity index (χ4n) is 2.37. The quantitative estimate of drug-likeness (QED) is 0.541. The summed E-state index contributed by atoms with van der Waals surface area (Å²) in [5.41, 5.74) is 2.17. The van der Waals surface area contributed by atoms with Gasteiger partial charge in [0.1, 0.15) is 12.4 Å². The molecule has 1 aromatic heterocycles. The van der Waals surface area contributed by atoms with Gasteiger partial charge < -0.3 is 4.74 Å². The third kappa shape index (κ3) is 3.40. The first-order valence-electron chi connectivity index (χ1n) is 7.32. The van der Waals surface area contributed by atoms with Crippen LogP contribution < -0.4 is 4.74 Å². The summed E-state index contributed by atoms with van der Waals surface area (Å²) in [5.74, 6) is 1.57. The molecule has 1 N–H and O–H groups in total. The van der Waals surface area contributed by atoms with Crippen LogP contribution >= 0.6 is 12.2 Å². The minimum absolute atomic E-state index is 0.338. The van der Waals surface area contributed by atoms with Crippen molar-refractivity contribution in [1.82, 2.24) is 14.8 Å². The van der Waals surface area contributed by atoms with Gasteiger partial charge in [-0.1, -0.05) is 54.6 Å². The van der Waals surface area contributed by atoms with E-state index < -0.39 is 0 Å². The van der Waals surface area contributed by atoms with Crippen LogP contribution in [0.5, 0.6) is 5.75 Å². The van der Waals surface area contributed by atoms with Crippen LogP contribution in [0.2, 0.25) is 0 Å². The molecule has 0 saturated carbocycles. The Morgan fingerprint density at radius 2 is 1.87 bits per heavy atom. The normalized spacial score (nSPS) is 10.4. The van der Waals surface area contributed by atoms with Crippen molar-refractivity contribution >= 4 is 12.2 Å². The molecule has 2 aromatic carbocycles. The van der Waals surface area contributed by atoms with Gasteiger partial charge in [0.25, 0.3) is 0 Å². The lowest BCUT2D eigenvalue weighted by atomic mass is 10.1. The molecular formula is C18H17N3OS. The summed E-state index contributed by atoms with van der Waals surface area (Å²) in [6.07, 6.45) is 1.78. The van der Waals surface area contributed by atoms with E-state index in [9.17, 15) is 0 Å². The van der Waals surface area contributed by atoms with E-state index in [0.717, 1.165) is 22.7 Å². The summed E-state index contributed by atoms with van der Waals surface area (Å²) in [5, 5.41) is 7.02. The SMILES string of the molecule is C=CCn1c(COc2ccccc2-c2ccccc2)n[nH]c1=S. The molecule has 1 heterocycles. The minimum Gasteiger partial charge on any atom is -0.485 e. The van der Waals surface area contributed by atoms with Crippen molar-refractivity contribution in [3.63, 3.8) is 0 Å². The van der Waals surface area contributed by atoms with E-state index in [1.807, 2.05) is 47.0 Å². The molecule has 0 atom stereocenters. The summed E-state index contributed by atoms with van der Waals surface area (Å²) < 4.78 is 8.43. The topological polar surface area (TPSA) is 42.8 Å². The molecule has 0 aliphatic carbocycles. The molecule has 0 radical (unpaired) electrons. The largest absolute Gasteiger partial charge is 0.485 e. The number of allylic oxidation sites excluding steroid dienone is 1. The van der Waals surface area contributed by atoms with Crippen molar-refractivity contribution in [3.05, 3.63) is 77.8 Å². The molecule has 3 aromatic rings. The Kier molecular flexibility index (Phi) is 4.68. The number of aromatic amines is 1. The second-order valence-corrected chi connectivity index (χ2v) is 5.38. The van der Waals surface area contributed by atoms with Gasteiger partial charge in [-0.15, -0.1) is 6.58 Å². The fourth-order valence-corrected chi connectivity index (χ4v) is 2.59. The highest BCUT2D eigenvalue weighted by Gasteiger charge is 2.09. The van der Waals surface area contributed by atoms with Crippen molar-refractivity contribution in [2.24, 2.45) is 0 Å². The van der Waals surface area contributed by atoms with Crippen molar-refractivity contribution < 1.29 is 4.74 Å². The Morgan fingerprint density at radius 1 is 1.13 bits per heavy atom. The predicted octanol–water partition coefficient (Wildman–Crippen LogP) is 4.37. The number of hydrogen-bond donors (Lipinski definition) is 1. The first-order chi connectivity index (χ1) is 11.3. The van der Waals surface area contributed by atoms with Crippen molar-refractivity contribution in [1.29, 1.82) is 0 Å². The summed E-state index contributed by atoms with van der Waals surface area (Å²) in [6, 6.07) is 18.1. The Balaban J connectivity index is 1.85. The number of rotatable bonds is 6. The van der Waals surface area contributed by atoms with Crippen LogP contribution in [0.25, 0.3) is 11.1 Å². The highest BCUT2D eigenvalue weighted by Crippen LogP contribution is 2.29. The van der Waals surface area contributed by atoms with Crippen LogP contribution in [0.15, 0.2) is 67.3 Å². The molecule has 3 rings (SSSR count). The first-order valence-corrected chi connectivity index (χ1v) is 7.72. The number of ether oxygens (including phenoxy) is 1. The number of nitrogens with zero attached hydrogens (tertiary/aromatic N) is 2. The molecular weight excluding hydrogens is 306 g/mol. The second-order valence-electron chi connectivity index (χ2n) is 5.00. The average Bonchev–Trinajstić information content (AvgIpc) is 2.95. The third-order valence-corrected chi connectivity index (χ3v) is 3.79. The molecule has 116 valence electrons. The highest BCUT2D eigenvalue weighted by molar-refractivity contribution is 7.71. The van der Waals surface area contributed by atoms with Crippen LogP contribution in [0.3, 0.4) is 0 Å². The Labute approximate surface area is 140 Å². The van der Waals surface area contributed by atoms with E-state index in [1.165, 1.54) is 0 Å². The molecule has 0 amide bonds. The van der Waals surface area contributed by atoms with Gasteiger partial charge in [-0.3, -0.25) is 9.67 Å². The number of para-hydroxylation sites is 1. The smallest absolute Gasteiger partial charge is 0.195 e. The number of aromatic nitrogens is 3. The fraction of sp³-hybridized carbons (Fsp3) is 0.111. The molecule has 0 fully saturated rings. The van der Waals surface area contributed by atoms with Gasteiger partial charge >= 0.3 is 0 Å². The molecule has 0 spiro atoms. The van der Waals surface area contributed by atoms with E-state index in [0.29, 0.717) is 17.9 Å². The van der Waals surface area contributed by atoms with Gasteiger partial charge in [0.15, 0.2) is 10.6 Å². The Bertz CT molecular complexity index is 852. The summed E-state index contributed by atoms with van der Waals surface area (Å²) >= 11 is 5.21. The van der Waals surface area contributed by atoms with Crippen molar-refractivity contribution in [3.8, 4) is 16.9 Å². The zero-order chi connectivity index (χ0) is 16.1.